The van der Waals surface area contributed by atoms with Crippen LogP contribution in [0.5, 0.6) is 5.75 Å². The second kappa shape index (κ2) is 13.8. The molecule has 2 fully saturated rings. The summed E-state index contributed by atoms with van der Waals surface area (Å²) >= 11 is 0. The van der Waals surface area contributed by atoms with Gasteiger partial charge < -0.3 is 24.1 Å². The van der Waals surface area contributed by atoms with Crippen molar-refractivity contribution < 1.29 is 23.5 Å². The van der Waals surface area contributed by atoms with Crippen molar-refractivity contribution in [1.82, 2.24) is 15.3 Å². The topological polar surface area (TPSA) is 107 Å². The molecule has 2 saturated carbocycles. The van der Waals surface area contributed by atoms with Crippen LogP contribution in [0.3, 0.4) is 0 Å². The van der Waals surface area contributed by atoms with Crippen molar-refractivity contribution in [2.75, 3.05) is 25.6 Å². The average Bonchev–Trinajstić information content (AvgIpc) is 3.55. The van der Waals surface area contributed by atoms with Gasteiger partial charge in [-0.1, -0.05) is 32.4 Å². The Hall–Kier alpha value is -3.88. The Morgan fingerprint density at radius 3 is 2.45 bits per heavy atom. The molecule has 236 valence electrons. The van der Waals surface area contributed by atoms with Gasteiger partial charge in [0.15, 0.2) is 11.5 Å². The molecule has 44 heavy (non-hydrogen) atoms. The first-order chi connectivity index (χ1) is 21.2. The lowest BCUT2D eigenvalue weighted by Crippen LogP contribution is -2.55. The van der Waals surface area contributed by atoms with Gasteiger partial charge in [-0.2, -0.15) is 0 Å². The van der Waals surface area contributed by atoms with Crippen molar-refractivity contribution in [3.05, 3.63) is 59.9 Å². The fourth-order valence-corrected chi connectivity index (χ4v) is 6.69. The summed E-state index contributed by atoms with van der Waals surface area (Å²) in [7, 11) is 3.20. The van der Waals surface area contributed by atoms with Crippen molar-refractivity contribution in [3.63, 3.8) is 0 Å². The zero-order valence-corrected chi connectivity index (χ0v) is 26.7. The second-order valence-electron chi connectivity index (χ2n) is 12.6. The summed E-state index contributed by atoms with van der Waals surface area (Å²) in [6.07, 6.45) is 8.81. The normalized spacial score (nSPS) is 19.8. The van der Waals surface area contributed by atoms with Crippen LogP contribution >= 0.6 is 0 Å². The fourth-order valence-electron chi connectivity index (χ4n) is 6.69. The third-order valence-electron chi connectivity index (χ3n) is 9.24. The minimum Gasteiger partial charge on any atom is -0.495 e. The summed E-state index contributed by atoms with van der Waals surface area (Å²) in [5, 5.41) is 2.56. The van der Waals surface area contributed by atoms with E-state index in [0.717, 1.165) is 79.0 Å². The number of carbonyl (C=O) groups is 2. The zero-order chi connectivity index (χ0) is 31.3. The van der Waals surface area contributed by atoms with Crippen LogP contribution in [-0.2, 0) is 9.53 Å². The van der Waals surface area contributed by atoms with Crippen LogP contribution in [0.4, 0.5) is 10.5 Å². The van der Waals surface area contributed by atoms with Crippen molar-refractivity contribution in [2.45, 2.75) is 96.0 Å². The summed E-state index contributed by atoms with van der Waals surface area (Å²) in [6.45, 7) is 6.63. The van der Waals surface area contributed by atoms with Gasteiger partial charge in [-0.05, 0) is 88.5 Å². The molecule has 0 atom stereocenters. The number of anilines is 1. The van der Waals surface area contributed by atoms with E-state index in [9.17, 15) is 9.59 Å². The van der Waals surface area contributed by atoms with E-state index in [4.69, 9.17) is 18.9 Å². The number of rotatable bonds is 9. The summed E-state index contributed by atoms with van der Waals surface area (Å²) in [6, 6.07) is 12.0. The van der Waals surface area contributed by atoms with Gasteiger partial charge in [0.25, 0.3) is 5.91 Å². The Kier molecular flexibility index (Phi) is 9.91. The first-order valence-corrected chi connectivity index (χ1v) is 16.0. The minimum absolute atomic E-state index is 0.143. The molecule has 2 aliphatic carbocycles. The number of alkyl carbamates (subject to hydrolysis) is 1. The molecule has 1 aromatic carbocycles. The molecule has 9 heteroatoms. The third-order valence-corrected chi connectivity index (χ3v) is 9.24. The number of hydrogen-bond donors (Lipinski definition) is 1. The number of benzene rings is 1. The number of aryl methyl sites for hydroxylation is 1. The van der Waals surface area contributed by atoms with Crippen molar-refractivity contribution >= 4 is 17.7 Å². The molecular weight excluding hydrogens is 556 g/mol. The number of ether oxygens (including phenoxy) is 2. The smallest absolute Gasteiger partial charge is 0.407 e. The van der Waals surface area contributed by atoms with E-state index in [1.54, 1.807) is 13.4 Å². The van der Waals surface area contributed by atoms with Crippen LogP contribution in [0.15, 0.2) is 47.1 Å². The van der Waals surface area contributed by atoms with Gasteiger partial charge >= 0.3 is 6.09 Å². The van der Waals surface area contributed by atoms with Crippen LogP contribution in [0, 0.1) is 12.8 Å². The van der Waals surface area contributed by atoms with Crippen LogP contribution in [0.2, 0.25) is 0 Å². The van der Waals surface area contributed by atoms with E-state index < -0.39 is 11.7 Å². The molecule has 9 nitrogen and oxygen atoms in total. The summed E-state index contributed by atoms with van der Waals surface area (Å²) < 4.78 is 17.1. The molecular formula is C35H46N4O5. The molecule has 0 aliphatic heterocycles. The lowest BCUT2D eigenvalue weighted by atomic mass is 9.79. The van der Waals surface area contributed by atoms with Gasteiger partial charge in [0, 0.05) is 42.4 Å². The lowest BCUT2D eigenvalue weighted by Gasteiger charge is -2.40. The second-order valence-corrected chi connectivity index (χ2v) is 12.6. The summed E-state index contributed by atoms with van der Waals surface area (Å²) in [5.74, 6) is 2.20. The Bertz CT molecular complexity index is 1440. The standard InChI is InChI=1S/C35H46N4O5/c1-23(2)32-38-30(22-43-32)27-10-9-11-28(20-27)39(33(40)35(44-34(41)36-4)18-7-6-8-19-35)21-25-12-14-26(15-13-25)29-16-17-31(42-5)24(3)37-29/h9-11,16-17,20,22-23,25-26H,6-8,12-15,18-19,21H2,1-5H3,(H,36,41). The van der Waals surface area contributed by atoms with Gasteiger partial charge in [-0.15, -0.1) is 0 Å². The van der Waals surface area contributed by atoms with Gasteiger partial charge in [-0.3, -0.25) is 9.78 Å². The number of methoxy groups -OCH3 is 1. The number of carbonyl (C=O) groups excluding carboxylic acids is 2. The van der Waals surface area contributed by atoms with Crippen LogP contribution in [0.25, 0.3) is 11.3 Å². The van der Waals surface area contributed by atoms with E-state index in [-0.39, 0.29) is 11.8 Å². The highest BCUT2D eigenvalue weighted by molar-refractivity contribution is 6.01. The molecule has 0 saturated heterocycles. The number of hydrogen-bond acceptors (Lipinski definition) is 7. The molecule has 2 aliphatic rings. The molecule has 0 unspecified atom stereocenters. The maximum Gasteiger partial charge on any atom is 0.407 e. The van der Waals surface area contributed by atoms with Crippen molar-refractivity contribution in [2.24, 2.45) is 5.92 Å². The molecule has 1 N–H and O–H groups in total. The zero-order valence-electron chi connectivity index (χ0n) is 26.7. The first-order valence-electron chi connectivity index (χ1n) is 16.0. The number of nitrogens with zero attached hydrogens (tertiary/aromatic N) is 3. The Morgan fingerprint density at radius 1 is 1.07 bits per heavy atom. The predicted octanol–water partition coefficient (Wildman–Crippen LogP) is 7.54. The fraction of sp³-hybridized carbons (Fsp3) is 0.543. The van der Waals surface area contributed by atoms with E-state index in [1.165, 1.54) is 7.05 Å². The van der Waals surface area contributed by atoms with Gasteiger partial charge in [0.05, 0.1) is 12.8 Å². The number of nitrogens with one attached hydrogen (secondary N) is 1. The Morgan fingerprint density at radius 2 is 1.82 bits per heavy atom. The SMILES string of the molecule is CNC(=O)OC1(C(=O)N(CC2CCC(c3ccc(OC)c(C)n3)CC2)c2cccc(-c3coc(C(C)C)n3)c2)CCCCC1. The van der Waals surface area contributed by atoms with E-state index >= 15 is 0 Å². The van der Waals surface area contributed by atoms with Crippen molar-refractivity contribution in [3.8, 4) is 17.0 Å². The first kappa shape index (κ1) is 31.5. The lowest BCUT2D eigenvalue weighted by molar-refractivity contribution is -0.140. The Balaban J connectivity index is 1.42. The highest BCUT2D eigenvalue weighted by atomic mass is 16.6. The molecule has 2 heterocycles. The third kappa shape index (κ3) is 6.92. The highest BCUT2D eigenvalue weighted by Gasteiger charge is 2.46. The van der Waals surface area contributed by atoms with E-state index in [2.05, 4.69) is 16.4 Å². The maximum absolute atomic E-state index is 14.6. The van der Waals surface area contributed by atoms with Crippen LogP contribution in [0.1, 0.15) is 101 Å². The van der Waals surface area contributed by atoms with Crippen molar-refractivity contribution in [1.29, 1.82) is 0 Å². The number of pyridine rings is 1. The highest BCUT2D eigenvalue weighted by Crippen LogP contribution is 2.40. The number of oxazole rings is 1. The molecule has 2 aromatic heterocycles. The average molecular weight is 603 g/mol. The van der Waals surface area contributed by atoms with Gasteiger partial charge in [0.2, 0.25) is 0 Å². The Labute approximate surface area is 260 Å². The van der Waals surface area contributed by atoms with Gasteiger partial charge in [-0.25, -0.2) is 9.78 Å². The van der Waals surface area contributed by atoms with Gasteiger partial charge in [0.1, 0.15) is 17.7 Å². The largest absolute Gasteiger partial charge is 0.495 e. The minimum atomic E-state index is -1.19. The maximum atomic E-state index is 14.6. The molecule has 0 spiro atoms. The summed E-state index contributed by atoms with van der Waals surface area (Å²) in [5.41, 5.74) is 3.22. The molecule has 3 aromatic rings. The number of amides is 2. The summed E-state index contributed by atoms with van der Waals surface area (Å²) in [4.78, 5) is 38.6. The molecule has 0 bridgehead atoms. The predicted molar refractivity (Wildman–Crippen MR) is 170 cm³/mol. The number of aromatic nitrogens is 2. The molecule has 5 rings (SSSR count). The molecule has 2 amide bonds. The van der Waals surface area contributed by atoms with Crippen LogP contribution < -0.4 is 15.0 Å². The monoisotopic (exact) mass is 602 g/mol. The van der Waals surface area contributed by atoms with E-state index in [1.807, 2.05) is 56.0 Å². The van der Waals surface area contributed by atoms with Crippen LogP contribution in [-0.4, -0.2) is 48.3 Å². The van der Waals surface area contributed by atoms with E-state index in [0.29, 0.717) is 37.1 Å². The molecule has 0 radical (unpaired) electrons. The quantitative estimate of drug-likeness (QED) is 0.270.